The maximum Gasteiger partial charge on any atom is 0.416 e. The number of rotatable bonds is 8. The molecule has 2 N–H and O–H groups in total. The van der Waals surface area contributed by atoms with Gasteiger partial charge in [-0.25, -0.2) is 0 Å². The molecule has 0 aliphatic carbocycles. The molecular formula is C29H36F3N5O3. The number of hydrogen-bond donors (Lipinski definition) is 2. The molecule has 2 aromatic carbocycles. The summed E-state index contributed by atoms with van der Waals surface area (Å²) in [5, 5.41) is 5.37. The number of piperazine rings is 1. The van der Waals surface area contributed by atoms with E-state index in [1.165, 1.54) is 6.07 Å². The molecule has 4 rings (SSSR count). The van der Waals surface area contributed by atoms with Crippen molar-refractivity contribution in [3.05, 3.63) is 71.3 Å². The van der Waals surface area contributed by atoms with E-state index in [0.717, 1.165) is 50.7 Å². The Balaban J connectivity index is 1.25. The second-order valence-electron chi connectivity index (χ2n) is 10.9. The van der Waals surface area contributed by atoms with Crippen molar-refractivity contribution in [3.8, 4) is 0 Å². The van der Waals surface area contributed by atoms with Gasteiger partial charge in [0.2, 0.25) is 5.91 Å². The van der Waals surface area contributed by atoms with Crippen molar-refractivity contribution in [1.82, 2.24) is 25.3 Å². The van der Waals surface area contributed by atoms with Crippen molar-refractivity contribution in [1.29, 1.82) is 0 Å². The van der Waals surface area contributed by atoms with Crippen LogP contribution in [0.15, 0.2) is 54.6 Å². The Morgan fingerprint density at radius 1 is 0.900 bits per heavy atom. The molecule has 216 valence electrons. The SMILES string of the molecule is CC(C)(CN1CCCC1NC(=O)CNC(=O)c1cccc(C(F)(F)F)c1)N1CCN(C(=O)c2ccccc2)CC1. The highest BCUT2D eigenvalue weighted by molar-refractivity contribution is 5.96. The molecule has 2 aromatic rings. The molecule has 2 saturated heterocycles. The van der Waals surface area contributed by atoms with Crippen LogP contribution in [-0.2, 0) is 11.0 Å². The third-order valence-corrected chi connectivity index (χ3v) is 7.59. The predicted molar refractivity (Wildman–Crippen MR) is 145 cm³/mol. The summed E-state index contributed by atoms with van der Waals surface area (Å²) >= 11 is 0. The van der Waals surface area contributed by atoms with E-state index in [9.17, 15) is 27.6 Å². The largest absolute Gasteiger partial charge is 0.416 e. The zero-order valence-electron chi connectivity index (χ0n) is 22.8. The molecule has 40 heavy (non-hydrogen) atoms. The minimum Gasteiger partial charge on any atom is -0.343 e. The van der Waals surface area contributed by atoms with Gasteiger partial charge in [0.1, 0.15) is 0 Å². The Morgan fingerprint density at radius 3 is 2.25 bits per heavy atom. The molecule has 1 unspecified atom stereocenters. The van der Waals surface area contributed by atoms with Gasteiger partial charge in [0.25, 0.3) is 11.8 Å². The van der Waals surface area contributed by atoms with Gasteiger partial charge in [-0.3, -0.25) is 24.2 Å². The van der Waals surface area contributed by atoms with E-state index >= 15 is 0 Å². The zero-order chi connectivity index (χ0) is 28.9. The van der Waals surface area contributed by atoms with Crippen molar-refractivity contribution in [2.75, 3.05) is 45.8 Å². The third kappa shape index (κ3) is 7.39. The number of likely N-dealkylation sites (tertiary alicyclic amines) is 1. The molecule has 8 nitrogen and oxygen atoms in total. The maximum atomic E-state index is 12.9. The van der Waals surface area contributed by atoms with Crippen LogP contribution in [0.5, 0.6) is 0 Å². The lowest BCUT2D eigenvalue weighted by Crippen LogP contribution is -2.60. The van der Waals surface area contributed by atoms with Crippen LogP contribution in [0.25, 0.3) is 0 Å². The summed E-state index contributed by atoms with van der Waals surface area (Å²) in [5.74, 6) is -1.10. The smallest absolute Gasteiger partial charge is 0.343 e. The molecule has 2 aliphatic rings. The van der Waals surface area contributed by atoms with Crippen molar-refractivity contribution < 1.29 is 27.6 Å². The molecule has 0 spiro atoms. The average molecular weight is 560 g/mol. The summed E-state index contributed by atoms with van der Waals surface area (Å²) < 4.78 is 38.8. The summed E-state index contributed by atoms with van der Waals surface area (Å²) in [6, 6.07) is 13.4. The predicted octanol–water partition coefficient (Wildman–Crippen LogP) is 3.21. The fraction of sp³-hybridized carbons (Fsp3) is 0.483. The van der Waals surface area contributed by atoms with Gasteiger partial charge in [0.15, 0.2) is 0 Å². The first-order chi connectivity index (χ1) is 18.9. The first kappa shape index (κ1) is 29.5. The van der Waals surface area contributed by atoms with Gasteiger partial charge in [-0.15, -0.1) is 0 Å². The zero-order valence-corrected chi connectivity index (χ0v) is 22.8. The lowest BCUT2D eigenvalue weighted by Gasteiger charge is -2.46. The topological polar surface area (TPSA) is 85.0 Å². The maximum absolute atomic E-state index is 12.9. The number of nitrogens with one attached hydrogen (secondary N) is 2. The Kier molecular flexibility index (Phi) is 9.15. The Hall–Kier alpha value is -3.44. The monoisotopic (exact) mass is 559 g/mol. The Bertz CT molecular complexity index is 1200. The van der Waals surface area contributed by atoms with Crippen LogP contribution < -0.4 is 10.6 Å². The van der Waals surface area contributed by atoms with Gasteiger partial charge in [0, 0.05) is 55.9 Å². The summed E-state index contributed by atoms with van der Waals surface area (Å²) in [7, 11) is 0. The molecule has 1 atom stereocenters. The highest BCUT2D eigenvalue weighted by Gasteiger charge is 2.36. The van der Waals surface area contributed by atoms with Crippen LogP contribution in [-0.4, -0.2) is 89.9 Å². The van der Waals surface area contributed by atoms with Crippen molar-refractivity contribution in [2.24, 2.45) is 0 Å². The summed E-state index contributed by atoms with van der Waals surface area (Å²) in [6.07, 6.45) is -3.07. The fourth-order valence-electron chi connectivity index (χ4n) is 5.39. The standard InChI is InChI=1S/C29H36F3N5O3/c1-28(2,37-16-14-35(15-17-37)27(40)21-8-4-3-5-9-21)20-36-13-7-12-24(36)34-25(38)19-33-26(39)22-10-6-11-23(18-22)29(30,31)32/h3-6,8-11,18,24H,7,12-17,19-20H2,1-2H3,(H,33,39)(H,34,38). The van der Waals surface area contributed by atoms with Crippen molar-refractivity contribution >= 4 is 17.7 Å². The van der Waals surface area contributed by atoms with E-state index < -0.39 is 23.6 Å². The number of carbonyl (C=O) groups is 3. The minimum atomic E-state index is -4.56. The molecule has 3 amide bonds. The van der Waals surface area contributed by atoms with Gasteiger partial charge in [-0.2, -0.15) is 13.2 Å². The highest BCUT2D eigenvalue weighted by atomic mass is 19.4. The number of nitrogens with zero attached hydrogens (tertiary/aromatic N) is 3. The lowest BCUT2D eigenvalue weighted by atomic mass is 10.00. The first-order valence-corrected chi connectivity index (χ1v) is 13.5. The minimum absolute atomic E-state index is 0.0422. The van der Waals surface area contributed by atoms with E-state index in [1.807, 2.05) is 35.2 Å². The van der Waals surface area contributed by atoms with Crippen LogP contribution >= 0.6 is 0 Å². The van der Waals surface area contributed by atoms with Crippen LogP contribution in [0.2, 0.25) is 0 Å². The quantitative estimate of drug-likeness (QED) is 0.519. The first-order valence-electron chi connectivity index (χ1n) is 13.5. The van der Waals surface area contributed by atoms with Crippen molar-refractivity contribution in [3.63, 3.8) is 0 Å². The summed E-state index contributed by atoms with van der Waals surface area (Å²) in [4.78, 5) is 44.2. The molecule has 0 saturated carbocycles. The van der Waals surface area contributed by atoms with Crippen LogP contribution in [0.4, 0.5) is 13.2 Å². The number of benzene rings is 2. The molecule has 11 heteroatoms. The number of halogens is 3. The second-order valence-corrected chi connectivity index (χ2v) is 10.9. The second kappa shape index (κ2) is 12.4. The molecule has 2 heterocycles. The normalized spacial score (nSPS) is 18.9. The number of amides is 3. The number of hydrogen-bond acceptors (Lipinski definition) is 5. The van der Waals surface area contributed by atoms with Gasteiger partial charge in [-0.1, -0.05) is 24.3 Å². The highest BCUT2D eigenvalue weighted by Crippen LogP contribution is 2.29. The van der Waals surface area contributed by atoms with E-state index in [1.54, 1.807) is 0 Å². The molecular weight excluding hydrogens is 523 g/mol. The average Bonchev–Trinajstić information content (AvgIpc) is 3.36. The lowest BCUT2D eigenvalue weighted by molar-refractivity contribution is -0.137. The summed E-state index contributed by atoms with van der Waals surface area (Å²) in [6.45, 7) is 8.29. The molecule has 2 fully saturated rings. The molecule has 0 radical (unpaired) electrons. The van der Waals surface area contributed by atoms with Gasteiger partial charge in [0.05, 0.1) is 18.3 Å². The van der Waals surface area contributed by atoms with E-state index in [0.29, 0.717) is 25.2 Å². The van der Waals surface area contributed by atoms with E-state index in [2.05, 4.69) is 34.3 Å². The van der Waals surface area contributed by atoms with Gasteiger partial charge in [-0.05, 0) is 57.0 Å². The summed E-state index contributed by atoms with van der Waals surface area (Å²) in [5.41, 5.74) is -0.584. The fourth-order valence-corrected chi connectivity index (χ4v) is 5.39. The molecule has 0 aromatic heterocycles. The number of alkyl halides is 3. The number of carbonyl (C=O) groups excluding carboxylic acids is 3. The van der Waals surface area contributed by atoms with E-state index in [4.69, 9.17) is 0 Å². The van der Waals surface area contributed by atoms with E-state index in [-0.39, 0.29) is 29.7 Å². The van der Waals surface area contributed by atoms with Crippen LogP contribution in [0.3, 0.4) is 0 Å². The van der Waals surface area contributed by atoms with Gasteiger partial charge < -0.3 is 15.5 Å². The van der Waals surface area contributed by atoms with Gasteiger partial charge >= 0.3 is 6.18 Å². The van der Waals surface area contributed by atoms with Crippen molar-refractivity contribution in [2.45, 2.75) is 44.6 Å². The molecule has 2 aliphatic heterocycles. The molecule has 0 bridgehead atoms. The van der Waals surface area contributed by atoms with Crippen LogP contribution in [0, 0.1) is 0 Å². The third-order valence-electron chi connectivity index (χ3n) is 7.59. The Morgan fingerprint density at radius 2 is 1.57 bits per heavy atom. The van der Waals surface area contributed by atoms with Crippen LogP contribution in [0.1, 0.15) is 53.0 Å². The Labute approximate surface area is 232 Å².